The predicted octanol–water partition coefficient (Wildman–Crippen LogP) is 5.73. The number of aromatic nitrogens is 6. The van der Waals surface area contributed by atoms with Gasteiger partial charge in [0.2, 0.25) is 17.7 Å². The van der Waals surface area contributed by atoms with Crippen LogP contribution < -0.4 is 11.1 Å². The third-order valence-corrected chi connectivity index (χ3v) is 5.56. The Labute approximate surface area is 266 Å². The molecule has 11 nitrogen and oxygen atoms in total. The number of halogens is 12. The van der Waals surface area contributed by atoms with E-state index in [1.54, 1.807) is 35.3 Å². The zero-order valence-electron chi connectivity index (χ0n) is 24.1. The van der Waals surface area contributed by atoms with Gasteiger partial charge in [-0.25, -0.2) is 0 Å². The molecule has 0 aromatic carbocycles. The molecule has 0 saturated carbocycles. The van der Waals surface area contributed by atoms with Gasteiger partial charge in [-0.1, -0.05) is 0 Å². The molecule has 0 spiro atoms. The van der Waals surface area contributed by atoms with E-state index in [0.29, 0.717) is 5.82 Å². The van der Waals surface area contributed by atoms with Crippen LogP contribution in [-0.2, 0) is 22.7 Å². The number of carboxylic acid groups (broad SMARTS) is 1. The number of hydrogen-bond donors (Lipinski definition) is 3. The second-order valence-electron chi connectivity index (χ2n) is 9.41. The highest BCUT2D eigenvalue weighted by molar-refractivity contribution is 5.92. The van der Waals surface area contributed by atoms with E-state index >= 15 is 0 Å². The molecule has 268 valence electrons. The van der Waals surface area contributed by atoms with Crippen LogP contribution in [0.1, 0.15) is 11.1 Å². The normalized spacial score (nSPS) is 12.1. The maximum Gasteiger partial charge on any atom is 0.411 e. The van der Waals surface area contributed by atoms with Crippen molar-refractivity contribution in [2.24, 2.45) is 11.8 Å². The van der Waals surface area contributed by atoms with Crippen molar-refractivity contribution < 1.29 is 67.4 Å². The number of carbonyl (C=O) groups excluding carboxylic acids is 1. The number of nitrogens with two attached hydrogens (primary N) is 1. The largest absolute Gasteiger partial charge is 0.481 e. The molecule has 4 heterocycles. The summed E-state index contributed by atoms with van der Waals surface area (Å²) in [6.45, 7) is 0.945. The fourth-order valence-corrected chi connectivity index (χ4v) is 3.48. The molecule has 0 aliphatic carbocycles. The van der Waals surface area contributed by atoms with Crippen molar-refractivity contribution in [2.75, 3.05) is 11.1 Å². The van der Waals surface area contributed by atoms with Crippen molar-refractivity contribution in [1.82, 2.24) is 29.5 Å². The van der Waals surface area contributed by atoms with Crippen molar-refractivity contribution in [2.45, 2.75) is 37.8 Å². The number of amides is 1. The second-order valence-corrected chi connectivity index (χ2v) is 9.41. The van der Waals surface area contributed by atoms with Gasteiger partial charge in [0.25, 0.3) is 0 Å². The molecule has 0 bridgehead atoms. The molecule has 0 fully saturated rings. The lowest BCUT2D eigenvalue weighted by atomic mass is 10.1. The zero-order valence-corrected chi connectivity index (χ0v) is 24.1. The first-order valence-corrected chi connectivity index (χ1v) is 12.9. The summed E-state index contributed by atoms with van der Waals surface area (Å²) < 4.78 is 146. The molecule has 0 aliphatic heterocycles. The Morgan fingerprint density at radius 3 is 1.37 bits per heavy atom. The summed E-state index contributed by atoms with van der Waals surface area (Å²) in [4.78, 5) is 28.7. The highest BCUT2D eigenvalue weighted by atomic mass is 19.4. The molecular formula is C26H22F12N8O3. The van der Waals surface area contributed by atoms with Crippen LogP contribution in [0, 0.1) is 11.8 Å². The summed E-state index contributed by atoms with van der Waals surface area (Å²) in [5.41, 5.74) is 7.41. The number of aliphatic carboxylic acids is 1. The molecule has 0 aliphatic rings. The number of anilines is 2. The minimum absolute atomic E-state index is 0.209. The van der Waals surface area contributed by atoms with Crippen LogP contribution in [-0.4, -0.2) is 71.2 Å². The number of hydrogen-bond acceptors (Lipinski definition) is 7. The number of nitrogen functional groups attached to an aromatic ring is 1. The van der Waals surface area contributed by atoms with Gasteiger partial charge in [-0.05, 0) is 41.5 Å². The van der Waals surface area contributed by atoms with Gasteiger partial charge in [0.15, 0.2) is 5.82 Å². The fraction of sp³-hybridized carbons (Fsp3) is 0.308. The van der Waals surface area contributed by atoms with Crippen LogP contribution >= 0.6 is 0 Å². The maximum atomic E-state index is 12.4. The lowest BCUT2D eigenvalue weighted by Gasteiger charge is -2.21. The molecular weight excluding hydrogens is 700 g/mol. The Morgan fingerprint density at radius 2 is 1.04 bits per heavy atom. The van der Waals surface area contributed by atoms with Crippen LogP contribution in [0.3, 0.4) is 0 Å². The van der Waals surface area contributed by atoms with Gasteiger partial charge >= 0.3 is 30.7 Å². The zero-order chi connectivity index (χ0) is 37.2. The molecule has 4 aromatic heterocycles. The third-order valence-electron chi connectivity index (χ3n) is 5.56. The van der Waals surface area contributed by atoms with Crippen molar-refractivity contribution >= 4 is 23.5 Å². The van der Waals surface area contributed by atoms with E-state index in [0.717, 1.165) is 23.7 Å². The Bertz CT molecular complexity index is 1590. The average molecular weight is 722 g/mol. The Kier molecular flexibility index (Phi) is 13.1. The molecule has 1 amide bonds. The first kappa shape index (κ1) is 39.8. The summed E-state index contributed by atoms with van der Waals surface area (Å²) in [6, 6.07) is 10.1. The molecule has 4 aromatic rings. The molecule has 4 rings (SSSR count). The van der Waals surface area contributed by atoms with Gasteiger partial charge < -0.3 is 16.2 Å². The standard InChI is InChI=1S/C13H10F6N4O.C9H10N4.C4H2F6O2/c14-12(15,16)10(13(17,18)19)11(24)21-9-3-6-23(22-9)7-8-1-4-20-5-2-8;10-9-3-6-13(12-9)7-8-1-4-11-5-2-8;5-3(6,7)1(2(11)12)4(8,9)10/h1-6,10H,7H2,(H,21,22,24);1-6H,7H2,(H2,10,12);1H,(H,11,12). The maximum absolute atomic E-state index is 12.4. The molecule has 0 unspecified atom stereocenters. The fourth-order valence-electron chi connectivity index (χ4n) is 3.48. The molecule has 0 radical (unpaired) electrons. The highest BCUT2D eigenvalue weighted by Crippen LogP contribution is 2.40. The number of nitrogens with zero attached hydrogens (tertiary/aromatic N) is 6. The van der Waals surface area contributed by atoms with Gasteiger partial charge in [-0.3, -0.25) is 28.9 Å². The molecule has 49 heavy (non-hydrogen) atoms. The quantitative estimate of drug-likeness (QED) is 0.205. The second kappa shape index (κ2) is 16.1. The van der Waals surface area contributed by atoms with Crippen LogP contribution in [0.25, 0.3) is 0 Å². The summed E-state index contributed by atoms with van der Waals surface area (Å²) in [6.07, 6.45) is -13.4. The summed E-state index contributed by atoms with van der Waals surface area (Å²) in [5, 5.41) is 16.9. The lowest BCUT2D eigenvalue weighted by molar-refractivity contribution is -0.280. The smallest absolute Gasteiger partial charge is 0.411 e. The topological polar surface area (TPSA) is 154 Å². The minimum atomic E-state index is -5.80. The SMILES string of the molecule is Nc1ccn(Cc2ccncc2)n1.O=C(Nc1ccn(Cc2ccncc2)n1)C(C(F)(F)F)C(F)(F)F.O=C(O)C(C(F)(F)F)C(F)(F)F. The first-order valence-electron chi connectivity index (χ1n) is 12.9. The lowest BCUT2D eigenvalue weighted by Crippen LogP contribution is -2.45. The van der Waals surface area contributed by atoms with Crippen molar-refractivity contribution in [3.8, 4) is 0 Å². The Hall–Kier alpha value is -5.38. The molecule has 23 heteroatoms. The monoisotopic (exact) mass is 722 g/mol. The van der Waals surface area contributed by atoms with Crippen LogP contribution in [0.5, 0.6) is 0 Å². The van der Waals surface area contributed by atoms with Gasteiger partial charge in [-0.15, -0.1) is 0 Å². The number of carbonyl (C=O) groups is 2. The van der Waals surface area contributed by atoms with E-state index < -0.39 is 54.2 Å². The Balaban J connectivity index is 0.000000281. The average Bonchev–Trinajstić information content (AvgIpc) is 3.54. The van der Waals surface area contributed by atoms with Crippen molar-refractivity contribution in [3.05, 3.63) is 84.7 Å². The number of pyridine rings is 2. The number of rotatable bonds is 7. The van der Waals surface area contributed by atoms with Crippen LogP contribution in [0.4, 0.5) is 64.3 Å². The number of alkyl halides is 12. The van der Waals surface area contributed by atoms with Gasteiger partial charge in [-0.2, -0.15) is 62.9 Å². The Morgan fingerprint density at radius 1 is 0.653 bits per heavy atom. The molecule has 0 atom stereocenters. The summed E-state index contributed by atoms with van der Waals surface area (Å²) in [5.74, 6) is -13.5. The third kappa shape index (κ3) is 13.3. The predicted molar refractivity (Wildman–Crippen MR) is 143 cm³/mol. The van der Waals surface area contributed by atoms with Gasteiger partial charge in [0.1, 0.15) is 5.82 Å². The number of nitrogens with one attached hydrogen (secondary N) is 1. The van der Waals surface area contributed by atoms with Crippen LogP contribution in [0.15, 0.2) is 73.6 Å². The summed E-state index contributed by atoms with van der Waals surface area (Å²) in [7, 11) is 0. The van der Waals surface area contributed by atoms with E-state index in [-0.39, 0.29) is 6.54 Å². The highest BCUT2D eigenvalue weighted by Gasteiger charge is 2.62. The number of carboxylic acids is 1. The first-order chi connectivity index (χ1) is 22.5. The van der Waals surface area contributed by atoms with E-state index in [9.17, 15) is 62.3 Å². The van der Waals surface area contributed by atoms with Gasteiger partial charge in [0.05, 0.1) is 13.1 Å². The molecule has 0 saturated heterocycles. The summed E-state index contributed by atoms with van der Waals surface area (Å²) >= 11 is 0. The van der Waals surface area contributed by atoms with E-state index in [2.05, 4.69) is 20.2 Å². The van der Waals surface area contributed by atoms with E-state index in [1.807, 2.05) is 18.3 Å². The van der Waals surface area contributed by atoms with Crippen molar-refractivity contribution in [1.29, 1.82) is 0 Å². The van der Waals surface area contributed by atoms with Crippen molar-refractivity contribution in [3.63, 3.8) is 0 Å². The minimum Gasteiger partial charge on any atom is -0.481 e. The molecule has 4 N–H and O–H groups in total. The van der Waals surface area contributed by atoms with E-state index in [1.165, 1.54) is 28.6 Å². The van der Waals surface area contributed by atoms with Crippen LogP contribution in [0.2, 0.25) is 0 Å². The van der Waals surface area contributed by atoms with E-state index in [4.69, 9.17) is 10.8 Å². The van der Waals surface area contributed by atoms with Gasteiger partial charge in [0, 0.05) is 43.2 Å².